The Morgan fingerprint density at radius 1 is 1.09 bits per heavy atom. The van der Waals surface area contributed by atoms with Crippen molar-refractivity contribution in [3.63, 3.8) is 0 Å². The van der Waals surface area contributed by atoms with Crippen molar-refractivity contribution in [2.75, 3.05) is 17.8 Å². The fraction of sp³-hybridized carbons (Fsp3) is 0.273. The molecule has 32 heavy (non-hydrogen) atoms. The van der Waals surface area contributed by atoms with Gasteiger partial charge in [-0.25, -0.2) is 8.42 Å². The van der Waals surface area contributed by atoms with Crippen LogP contribution in [0, 0.1) is 6.92 Å². The van der Waals surface area contributed by atoms with Crippen LogP contribution >= 0.6 is 0 Å². The Bertz CT molecular complexity index is 1290. The standard InChI is InChI=1S/C22H22N4O5S/c1-14-8-9-17(20-23-21(31-24-20)22(28)26-10-3-4-11-26)13-19(14)32(29,30)25-18-7-5-6-16(12-18)15(2)27/h5-9,12-13,25H,3-4,10-11H2,1-2H3. The minimum Gasteiger partial charge on any atom is -0.334 e. The number of aromatic nitrogens is 2. The number of sulfonamides is 1. The van der Waals surface area contributed by atoms with Crippen LogP contribution in [0.15, 0.2) is 51.9 Å². The van der Waals surface area contributed by atoms with E-state index in [1.807, 2.05) is 0 Å². The Hall–Kier alpha value is -3.53. The number of carbonyl (C=O) groups excluding carboxylic acids is 2. The van der Waals surface area contributed by atoms with Crippen molar-refractivity contribution in [2.45, 2.75) is 31.6 Å². The number of aryl methyl sites for hydroxylation is 1. The van der Waals surface area contributed by atoms with E-state index in [2.05, 4.69) is 14.9 Å². The molecule has 166 valence electrons. The molecule has 0 aliphatic carbocycles. The molecule has 4 rings (SSSR count). The number of amides is 1. The van der Waals surface area contributed by atoms with Crippen LogP contribution in [-0.4, -0.2) is 48.2 Å². The Morgan fingerprint density at radius 3 is 2.56 bits per heavy atom. The Labute approximate surface area is 185 Å². The summed E-state index contributed by atoms with van der Waals surface area (Å²) in [5.41, 5.74) is 1.59. The molecule has 0 unspecified atom stereocenters. The van der Waals surface area contributed by atoms with Gasteiger partial charge < -0.3 is 9.42 Å². The molecule has 2 heterocycles. The van der Waals surface area contributed by atoms with Crippen LogP contribution in [0.4, 0.5) is 5.69 Å². The highest BCUT2D eigenvalue weighted by Crippen LogP contribution is 2.26. The molecule has 1 N–H and O–H groups in total. The third kappa shape index (κ3) is 4.40. The molecule has 0 spiro atoms. The highest BCUT2D eigenvalue weighted by atomic mass is 32.2. The van der Waals surface area contributed by atoms with E-state index in [-0.39, 0.29) is 34.0 Å². The molecule has 3 aromatic rings. The first kappa shape index (κ1) is 21.7. The summed E-state index contributed by atoms with van der Waals surface area (Å²) in [5.74, 6) is -0.484. The van der Waals surface area contributed by atoms with Gasteiger partial charge in [0.25, 0.3) is 10.0 Å². The summed E-state index contributed by atoms with van der Waals surface area (Å²) in [5, 5.41) is 3.86. The Balaban J connectivity index is 1.62. The van der Waals surface area contributed by atoms with Crippen LogP contribution in [0.25, 0.3) is 11.4 Å². The van der Waals surface area contributed by atoms with Crippen molar-refractivity contribution in [1.29, 1.82) is 0 Å². The Morgan fingerprint density at radius 2 is 1.84 bits per heavy atom. The number of hydrogen-bond donors (Lipinski definition) is 1. The monoisotopic (exact) mass is 454 g/mol. The highest BCUT2D eigenvalue weighted by molar-refractivity contribution is 7.92. The number of likely N-dealkylation sites (tertiary alicyclic amines) is 1. The van der Waals surface area contributed by atoms with Gasteiger partial charge in [0.15, 0.2) is 5.78 Å². The normalized spacial score (nSPS) is 13.9. The lowest BCUT2D eigenvalue weighted by Gasteiger charge is -2.12. The van der Waals surface area contributed by atoms with E-state index in [1.165, 1.54) is 19.1 Å². The molecule has 1 amide bonds. The molecule has 0 bridgehead atoms. The average Bonchev–Trinajstić information content (AvgIpc) is 3.46. The molecule has 1 aliphatic heterocycles. The summed E-state index contributed by atoms with van der Waals surface area (Å²) >= 11 is 0. The van der Waals surface area contributed by atoms with E-state index in [1.54, 1.807) is 42.2 Å². The lowest BCUT2D eigenvalue weighted by Crippen LogP contribution is -2.27. The second kappa shape index (κ2) is 8.54. The van der Waals surface area contributed by atoms with E-state index in [0.29, 0.717) is 29.8 Å². The molecule has 1 fully saturated rings. The SMILES string of the molecule is CC(=O)c1cccc(NS(=O)(=O)c2cc(-c3noc(C(=O)N4CCCC4)n3)ccc2C)c1. The molecular weight excluding hydrogens is 432 g/mol. The van der Waals surface area contributed by atoms with Crippen molar-refractivity contribution < 1.29 is 22.5 Å². The average molecular weight is 455 g/mol. The first-order valence-electron chi connectivity index (χ1n) is 10.1. The summed E-state index contributed by atoms with van der Waals surface area (Å²) in [7, 11) is -3.96. The van der Waals surface area contributed by atoms with Crippen molar-refractivity contribution in [1.82, 2.24) is 15.0 Å². The predicted molar refractivity (Wildman–Crippen MR) is 117 cm³/mol. The van der Waals surface area contributed by atoms with E-state index in [4.69, 9.17) is 4.52 Å². The van der Waals surface area contributed by atoms with Crippen molar-refractivity contribution in [3.05, 3.63) is 59.5 Å². The number of carbonyl (C=O) groups is 2. The fourth-order valence-corrected chi connectivity index (χ4v) is 4.84. The molecule has 0 saturated carbocycles. The third-order valence-electron chi connectivity index (χ3n) is 5.26. The van der Waals surface area contributed by atoms with Gasteiger partial charge in [0.2, 0.25) is 5.82 Å². The van der Waals surface area contributed by atoms with E-state index in [0.717, 1.165) is 12.8 Å². The maximum atomic E-state index is 13.1. The zero-order valence-electron chi connectivity index (χ0n) is 17.7. The van der Waals surface area contributed by atoms with Crippen LogP contribution in [0.3, 0.4) is 0 Å². The molecule has 1 aliphatic rings. The third-order valence-corrected chi connectivity index (χ3v) is 6.78. The van der Waals surface area contributed by atoms with E-state index < -0.39 is 10.0 Å². The van der Waals surface area contributed by atoms with Gasteiger partial charge >= 0.3 is 11.8 Å². The number of nitrogens with zero attached hydrogens (tertiary/aromatic N) is 3. The number of anilines is 1. The van der Waals surface area contributed by atoms with Gasteiger partial charge in [-0.05, 0) is 50.5 Å². The second-order valence-corrected chi connectivity index (χ2v) is 9.30. The largest absolute Gasteiger partial charge is 0.334 e. The van der Waals surface area contributed by atoms with E-state index >= 15 is 0 Å². The first-order valence-corrected chi connectivity index (χ1v) is 11.6. The van der Waals surface area contributed by atoms with Crippen LogP contribution in [0.2, 0.25) is 0 Å². The van der Waals surface area contributed by atoms with Crippen molar-refractivity contribution >= 4 is 27.4 Å². The summed E-state index contributed by atoms with van der Waals surface area (Å²) < 4.78 is 33.7. The lowest BCUT2D eigenvalue weighted by atomic mass is 10.1. The molecule has 9 nitrogen and oxygen atoms in total. The van der Waals surface area contributed by atoms with Gasteiger partial charge in [-0.2, -0.15) is 4.98 Å². The molecule has 0 atom stereocenters. The maximum absolute atomic E-state index is 13.1. The summed E-state index contributed by atoms with van der Waals surface area (Å²) in [6, 6.07) is 11.0. The quantitative estimate of drug-likeness (QED) is 0.567. The van der Waals surface area contributed by atoms with Gasteiger partial charge in [0.05, 0.1) is 4.90 Å². The first-order chi connectivity index (χ1) is 15.2. The molecule has 1 aromatic heterocycles. The van der Waals surface area contributed by atoms with Gasteiger partial charge in [-0.1, -0.05) is 29.4 Å². The van der Waals surface area contributed by atoms with Crippen LogP contribution in [0.1, 0.15) is 46.4 Å². The molecule has 1 saturated heterocycles. The smallest absolute Gasteiger partial charge is 0.316 e. The fourth-order valence-electron chi connectivity index (χ4n) is 3.52. The lowest BCUT2D eigenvalue weighted by molar-refractivity contribution is 0.0743. The van der Waals surface area contributed by atoms with Crippen LogP contribution in [0.5, 0.6) is 0 Å². The molecular formula is C22H22N4O5S. The predicted octanol–water partition coefficient (Wildman–Crippen LogP) is 3.28. The number of ketones is 1. The summed E-state index contributed by atoms with van der Waals surface area (Å²) in [6.07, 6.45) is 1.88. The zero-order chi connectivity index (χ0) is 22.9. The number of Topliss-reactive ketones (excluding diaryl/α,β-unsaturated/α-hetero) is 1. The number of hydrogen-bond acceptors (Lipinski definition) is 7. The minimum absolute atomic E-state index is 0.0282. The van der Waals surface area contributed by atoms with Crippen LogP contribution < -0.4 is 4.72 Å². The highest BCUT2D eigenvalue weighted by Gasteiger charge is 2.26. The number of rotatable bonds is 6. The van der Waals surface area contributed by atoms with E-state index in [9.17, 15) is 18.0 Å². The van der Waals surface area contributed by atoms with Gasteiger partial charge in [0.1, 0.15) is 0 Å². The van der Waals surface area contributed by atoms with Crippen molar-refractivity contribution in [3.8, 4) is 11.4 Å². The molecule has 2 aromatic carbocycles. The van der Waals surface area contributed by atoms with Crippen LogP contribution in [-0.2, 0) is 10.0 Å². The van der Waals surface area contributed by atoms with Crippen molar-refractivity contribution in [2.24, 2.45) is 0 Å². The number of nitrogens with one attached hydrogen (secondary N) is 1. The summed E-state index contributed by atoms with van der Waals surface area (Å²) in [6.45, 7) is 4.39. The number of benzene rings is 2. The summed E-state index contributed by atoms with van der Waals surface area (Å²) in [4.78, 5) is 29.9. The zero-order valence-corrected chi connectivity index (χ0v) is 18.5. The van der Waals surface area contributed by atoms with Gasteiger partial charge in [-0.15, -0.1) is 0 Å². The topological polar surface area (TPSA) is 122 Å². The molecule has 0 radical (unpaired) electrons. The minimum atomic E-state index is -3.96. The van der Waals surface area contributed by atoms with Gasteiger partial charge in [-0.3, -0.25) is 14.3 Å². The molecule has 10 heteroatoms. The second-order valence-electron chi connectivity index (χ2n) is 7.65. The van der Waals surface area contributed by atoms with Gasteiger partial charge in [0, 0.05) is 29.9 Å². The Kier molecular flexibility index (Phi) is 5.79. The maximum Gasteiger partial charge on any atom is 0.316 e.